The Morgan fingerprint density at radius 1 is 1.53 bits per heavy atom. The van der Waals surface area contributed by atoms with Crippen molar-refractivity contribution in [3.63, 3.8) is 0 Å². The Kier molecular flexibility index (Phi) is 4.31. The lowest BCUT2D eigenvalue weighted by atomic mass is 10.1. The third-order valence-corrected chi connectivity index (χ3v) is 5.74. The Bertz CT molecular complexity index is 423. The first-order valence-corrected chi connectivity index (χ1v) is 8.37. The highest BCUT2D eigenvalue weighted by Gasteiger charge is 2.32. The van der Waals surface area contributed by atoms with Gasteiger partial charge in [0, 0.05) is 11.8 Å². The molecule has 1 atom stereocenters. The lowest BCUT2D eigenvalue weighted by Crippen LogP contribution is -2.44. The molecule has 0 aliphatic heterocycles. The van der Waals surface area contributed by atoms with Crippen LogP contribution in [-0.2, 0) is 0 Å². The maximum atomic E-state index is 9.23. The fourth-order valence-corrected chi connectivity index (χ4v) is 3.80. The van der Waals surface area contributed by atoms with Crippen molar-refractivity contribution in [2.45, 2.75) is 40.0 Å². The lowest BCUT2D eigenvalue weighted by Gasteiger charge is -2.21. The average molecular weight is 286 g/mol. The van der Waals surface area contributed by atoms with Gasteiger partial charge in [-0.25, -0.2) is 0 Å². The van der Waals surface area contributed by atoms with Gasteiger partial charge in [0.05, 0.1) is 6.07 Å². The monoisotopic (exact) mass is 286 g/mol. The minimum atomic E-state index is -0.461. The summed E-state index contributed by atoms with van der Waals surface area (Å²) >= 11 is 4.79. The number of aromatic nitrogens is 2. The first-order valence-electron chi connectivity index (χ1n) is 5.34. The third-order valence-electron chi connectivity index (χ3n) is 2.39. The van der Waals surface area contributed by atoms with Crippen LogP contribution in [0.5, 0.6) is 0 Å². The van der Waals surface area contributed by atoms with Crippen LogP contribution in [0.4, 0.5) is 0 Å². The molecule has 1 aliphatic carbocycles. The van der Waals surface area contributed by atoms with Crippen molar-refractivity contribution in [3.8, 4) is 6.07 Å². The molecule has 0 aromatic carbocycles. The number of nitrogens with zero attached hydrogens (tertiary/aromatic N) is 3. The molecule has 1 saturated carbocycles. The van der Waals surface area contributed by atoms with Crippen LogP contribution in [0.25, 0.3) is 0 Å². The van der Waals surface area contributed by atoms with E-state index in [1.807, 2.05) is 13.2 Å². The number of hydrogen-bond donors (Lipinski definition) is 1. The normalized spacial score (nSPS) is 18.6. The predicted molar refractivity (Wildman–Crippen MR) is 72.6 cm³/mol. The largest absolute Gasteiger partial charge is 0.296 e. The molecule has 0 amide bonds. The van der Waals surface area contributed by atoms with Gasteiger partial charge in [0.2, 0.25) is 0 Å². The van der Waals surface area contributed by atoms with Gasteiger partial charge in [-0.3, -0.25) is 5.32 Å². The Morgan fingerprint density at radius 3 is 2.76 bits per heavy atom. The highest BCUT2D eigenvalue weighted by atomic mass is 32.2. The first-order chi connectivity index (χ1) is 8.15. The molecule has 1 aromatic rings. The van der Waals surface area contributed by atoms with E-state index in [1.165, 1.54) is 12.8 Å². The fourth-order valence-electron chi connectivity index (χ4n) is 1.33. The van der Waals surface area contributed by atoms with E-state index < -0.39 is 5.54 Å². The quantitative estimate of drug-likeness (QED) is 0.810. The van der Waals surface area contributed by atoms with Gasteiger partial charge in [-0.1, -0.05) is 34.9 Å². The van der Waals surface area contributed by atoms with Gasteiger partial charge < -0.3 is 0 Å². The molecule has 2 rings (SSSR count). The van der Waals surface area contributed by atoms with Crippen molar-refractivity contribution >= 4 is 34.9 Å². The van der Waals surface area contributed by atoms with Crippen molar-refractivity contribution in [2.24, 2.45) is 0 Å². The van der Waals surface area contributed by atoms with Crippen LogP contribution in [-0.4, -0.2) is 33.8 Å². The van der Waals surface area contributed by atoms with Gasteiger partial charge in [0.25, 0.3) is 0 Å². The molecule has 1 heterocycles. The molecule has 1 N–H and O–H groups in total. The maximum Gasteiger partial charge on any atom is 0.175 e. The minimum absolute atomic E-state index is 0.461. The molecule has 1 unspecified atom stereocenters. The van der Waals surface area contributed by atoms with E-state index in [1.54, 1.807) is 34.9 Å². The molecule has 0 radical (unpaired) electrons. The van der Waals surface area contributed by atoms with Gasteiger partial charge in [-0.15, -0.1) is 10.2 Å². The topological polar surface area (TPSA) is 61.6 Å². The zero-order valence-electron chi connectivity index (χ0n) is 9.77. The van der Waals surface area contributed by atoms with Crippen molar-refractivity contribution in [2.75, 3.05) is 12.0 Å². The van der Waals surface area contributed by atoms with Crippen LogP contribution in [0.15, 0.2) is 8.68 Å². The molecular formula is C10H14N4S3. The second-order valence-electron chi connectivity index (χ2n) is 4.19. The molecule has 4 nitrogen and oxygen atoms in total. The van der Waals surface area contributed by atoms with Crippen LogP contribution in [0.3, 0.4) is 0 Å². The van der Waals surface area contributed by atoms with Gasteiger partial charge in [0.15, 0.2) is 8.68 Å². The van der Waals surface area contributed by atoms with E-state index in [4.69, 9.17) is 0 Å². The van der Waals surface area contributed by atoms with Gasteiger partial charge in [-0.2, -0.15) is 5.26 Å². The third kappa shape index (κ3) is 3.85. The molecule has 0 spiro atoms. The molecule has 17 heavy (non-hydrogen) atoms. The van der Waals surface area contributed by atoms with Crippen LogP contribution >= 0.6 is 34.9 Å². The van der Waals surface area contributed by atoms with Crippen LogP contribution in [0, 0.1) is 11.3 Å². The lowest BCUT2D eigenvalue weighted by molar-refractivity contribution is 0.490. The van der Waals surface area contributed by atoms with E-state index in [0.29, 0.717) is 11.8 Å². The molecule has 1 aromatic heterocycles. The van der Waals surface area contributed by atoms with Gasteiger partial charge >= 0.3 is 0 Å². The van der Waals surface area contributed by atoms with E-state index in [9.17, 15) is 5.26 Å². The summed E-state index contributed by atoms with van der Waals surface area (Å²) in [5.41, 5.74) is -0.461. The predicted octanol–water partition coefficient (Wildman–Crippen LogP) is 2.39. The Morgan fingerprint density at radius 2 is 2.24 bits per heavy atom. The standard InChI is InChI=1S/C10H14N4S3/c1-10(5-11,12-7-3-4-7)6-16-9-14-13-8(15-2)17-9/h7,12H,3-4,6H2,1-2H3. The zero-order chi connectivity index (χ0) is 12.3. The summed E-state index contributed by atoms with van der Waals surface area (Å²) in [6.07, 6.45) is 4.37. The summed E-state index contributed by atoms with van der Waals surface area (Å²) < 4.78 is 1.91. The summed E-state index contributed by atoms with van der Waals surface area (Å²) in [4.78, 5) is 0. The van der Waals surface area contributed by atoms with Crippen molar-refractivity contribution in [3.05, 3.63) is 0 Å². The van der Waals surface area contributed by atoms with E-state index >= 15 is 0 Å². The summed E-state index contributed by atoms with van der Waals surface area (Å²) in [5, 5.41) is 20.7. The molecule has 0 saturated heterocycles. The Labute approximate surface area is 114 Å². The van der Waals surface area contributed by atoms with Crippen LogP contribution < -0.4 is 5.32 Å². The van der Waals surface area contributed by atoms with Gasteiger partial charge in [-0.05, 0) is 26.0 Å². The van der Waals surface area contributed by atoms with Crippen molar-refractivity contribution in [1.82, 2.24) is 15.5 Å². The number of thioether (sulfide) groups is 2. The number of hydrogen-bond acceptors (Lipinski definition) is 7. The fraction of sp³-hybridized carbons (Fsp3) is 0.700. The van der Waals surface area contributed by atoms with Crippen LogP contribution in [0.2, 0.25) is 0 Å². The molecule has 92 valence electrons. The van der Waals surface area contributed by atoms with E-state index in [-0.39, 0.29) is 0 Å². The number of nitriles is 1. The highest BCUT2D eigenvalue weighted by molar-refractivity contribution is 8.03. The number of rotatable bonds is 6. The van der Waals surface area contributed by atoms with E-state index in [0.717, 1.165) is 8.68 Å². The summed E-state index contributed by atoms with van der Waals surface area (Å²) in [6, 6.07) is 2.90. The van der Waals surface area contributed by atoms with Crippen molar-refractivity contribution in [1.29, 1.82) is 5.26 Å². The molecule has 1 fully saturated rings. The van der Waals surface area contributed by atoms with E-state index in [2.05, 4.69) is 21.6 Å². The zero-order valence-corrected chi connectivity index (χ0v) is 12.2. The summed E-state index contributed by atoms with van der Waals surface area (Å²) in [7, 11) is 0. The van der Waals surface area contributed by atoms with Gasteiger partial charge in [0.1, 0.15) is 5.54 Å². The first kappa shape index (κ1) is 13.1. The smallest absolute Gasteiger partial charge is 0.175 e. The molecule has 1 aliphatic rings. The SMILES string of the molecule is CSc1nnc(SCC(C)(C#N)NC2CC2)s1. The molecule has 7 heteroatoms. The van der Waals surface area contributed by atoms with Crippen molar-refractivity contribution < 1.29 is 0 Å². The highest BCUT2D eigenvalue weighted by Crippen LogP contribution is 2.30. The van der Waals surface area contributed by atoms with Crippen LogP contribution in [0.1, 0.15) is 19.8 Å². The average Bonchev–Trinajstić information content (AvgIpc) is 3.02. The Hall–Kier alpha value is -0.290. The summed E-state index contributed by atoms with van der Waals surface area (Å²) in [5.74, 6) is 0.711. The number of nitrogens with one attached hydrogen (secondary N) is 1. The Balaban J connectivity index is 1.88. The second kappa shape index (κ2) is 5.57. The molecule has 0 bridgehead atoms. The molecular weight excluding hydrogens is 272 g/mol. The summed E-state index contributed by atoms with van der Waals surface area (Å²) in [6.45, 7) is 1.95. The second-order valence-corrected chi connectivity index (χ2v) is 7.44. The minimum Gasteiger partial charge on any atom is -0.296 e. The maximum absolute atomic E-state index is 9.23.